The van der Waals surface area contributed by atoms with Crippen molar-refractivity contribution in [3.8, 4) is 0 Å². The molecule has 1 fully saturated rings. The van der Waals surface area contributed by atoms with Gasteiger partial charge in [0.2, 0.25) is 11.8 Å². The van der Waals surface area contributed by atoms with Crippen LogP contribution in [-0.2, 0) is 15.3 Å². The molecule has 0 atom stereocenters. The van der Waals surface area contributed by atoms with Gasteiger partial charge in [0.1, 0.15) is 0 Å². The fraction of sp³-hybridized carbons (Fsp3) is 0.263. The molecule has 0 aliphatic heterocycles. The van der Waals surface area contributed by atoms with Crippen LogP contribution in [0.25, 0.3) is 0 Å². The first-order chi connectivity index (χ1) is 12.1. The van der Waals surface area contributed by atoms with Crippen molar-refractivity contribution in [2.24, 2.45) is 5.92 Å². The zero-order valence-electron chi connectivity index (χ0n) is 13.6. The zero-order chi connectivity index (χ0) is 17.6. The molecule has 0 spiro atoms. The standard InChI is InChI=1S/C19H19ClN2O2S/c20-15-3-1-2-13(10-15)11-25-12-18(23)21-16-6-8-17(9-7-16)22-19(24)14-4-5-14/h1-3,6-10,14H,4-5,11-12H2,(H,21,23)(H,22,24). The summed E-state index contributed by atoms with van der Waals surface area (Å²) in [7, 11) is 0. The molecule has 0 aromatic heterocycles. The van der Waals surface area contributed by atoms with E-state index >= 15 is 0 Å². The van der Waals surface area contributed by atoms with Gasteiger partial charge in [-0.1, -0.05) is 23.7 Å². The molecule has 0 radical (unpaired) electrons. The average molecular weight is 375 g/mol. The molecule has 2 aromatic carbocycles. The normalized spacial score (nSPS) is 13.3. The lowest BCUT2D eigenvalue weighted by Gasteiger charge is -2.08. The number of carbonyl (C=O) groups excluding carboxylic acids is 2. The number of hydrogen-bond donors (Lipinski definition) is 2. The molecule has 2 N–H and O–H groups in total. The lowest BCUT2D eigenvalue weighted by atomic mass is 10.2. The van der Waals surface area contributed by atoms with E-state index in [1.807, 2.05) is 24.3 Å². The van der Waals surface area contributed by atoms with E-state index < -0.39 is 0 Å². The zero-order valence-corrected chi connectivity index (χ0v) is 15.2. The molecule has 4 nitrogen and oxygen atoms in total. The fourth-order valence-corrected chi connectivity index (χ4v) is 3.30. The molecular formula is C19H19ClN2O2S. The van der Waals surface area contributed by atoms with E-state index in [1.54, 1.807) is 24.3 Å². The molecule has 6 heteroatoms. The third-order valence-corrected chi connectivity index (χ3v) is 5.01. The topological polar surface area (TPSA) is 58.2 Å². The molecule has 0 saturated heterocycles. The van der Waals surface area contributed by atoms with Crippen molar-refractivity contribution in [1.29, 1.82) is 0 Å². The Kier molecular flexibility index (Phi) is 6.00. The Labute approximate surface area is 156 Å². The first-order valence-corrected chi connectivity index (χ1v) is 9.66. The molecule has 0 unspecified atom stereocenters. The van der Waals surface area contributed by atoms with Crippen molar-refractivity contribution < 1.29 is 9.59 Å². The summed E-state index contributed by atoms with van der Waals surface area (Å²) in [6.45, 7) is 0. The molecule has 0 heterocycles. The number of halogens is 1. The largest absolute Gasteiger partial charge is 0.326 e. The number of thioether (sulfide) groups is 1. The van der Waals surface area contributed by atoms with Gasteiger partial charge in [-0.2, -0.15) is 0 Å². The first kappa shape index (κ1) is 17.8. The maximum atomic E-state index is 12.0. The predicted octanol–water partition coefficient (Wildman–Crippen LogP) is 4.56. The highest BCUT2D eigenvalue weighted by Crippen LogP contribution is 2.30. The summed E-state index contributed by atoms with van der Waals surface area (Å²) in [6.07, 6.45) is 1.96. The molecule has 1 aliphatic rings. The summed E-state index contributed by atoms with van der Waals surface area (Å²) < 4.78 is 0. The van der Waals surface area contributed by atoms with Crippen molar-refractivity contribution in [2.75, 3.05) is 16.4 Å². The van der Waals surface area contributed by atoms with Crippen LogP contribution in [0.3, 0.4) is 0 Å². The Morgan fingerprint density at radius 2 is 1.72 bits per heavy atom. The van der Waals surface area contributed by atoms with Crippen LogP contribution in [0.2, 0.25) is 5.02 Å². The Hall–Kier alpha value is -1.98. The molecule has 1 saturated carbocycles. The van der Waals surface area contributed by atoms with Gasteiger partial charge in [-0.05, 0) is 54.8 Å². The van der Waals surface area contributed by atoms with Crippen LogP contribution in [0.1, 0.15) is 18.4 Å². The number of carbonyl (C=O) groups is 2. The maximum absolute atomic E-state index is 12.0. The van der Waals surface area contributed by atoms with E-state index in [9.17, 15) is 9.59 Å². The van der Waals surface area contributed by atoms with E-state index in [1.165, 1.54) is 11.8 Å². The van der Waals surface area contributed by atoms with Crippen molar-refractivity contribution >= 4 is 46.6 Å². The van der Waals surface area contributed by atoms with E-state index in [4.69, 9.17) is 11.6 Å². The highest BCUT2D eigenvalue weighted by Gasteiger charge is 2.29. The average Bonchev–Trinajstić information content (AvgIpc) is 3.42. The van der Waals surface area contributed by atoms with Crippen LogP contribution >= 0.6 is 23.4 Å². The van der Waals surface area contributed by atoms with Gasteiger partial charge in [-0.25, -0.2) is 0 Å². The molecule has 130 valence electrons. The Bertz CT molecular complexity index is 760. The third kappa shape index (κ3) is 5.80. The summed E-state index contributed by atoms with van der Waals surface area (Å²) in [5.74, 6) is 1.30. The first-order valence-electron chi connectivity index (χ1n) is 8.13. The van der Waals surface area contributed by atoms with Gasteiger partial charge >= 0.3 is 0 Å². The second-order valence-corrected chi connectivity index (χ2v) is 7.43. The van der Waals surface area contributed by atoms with E-state index in [2.05, 4.69) is 10.6 Å². The number of amides is 2. The summed E-state index contributed by atoms with van der Waals surface area (Å²) in [4.78, 5) is 23.7. The molecule has 2 amide bonds. The third-order valence-electron chi connectivity index (χ3n) is 3.78. The number of hydrogen-bond acceptors (Lipinski definition) is 3. The van der Waals surface area contributed by atoms with Crippen molar-refractivity contribution in [2.45, 2.75) is 18.6 Å². The van der Waals surface area contributed by atoms with Crippen molar-refractivity contribution in [1.82, 2.24) is 0 Å². The van der Waals surface area contributed by atoms with E-state index in [0.717, 1.165) is 35.5 Å². The number of benzene rings is 2. The van der Waals surface area contributed by atoms with Gasteiger partial charge in [-0.15, -0.1) is 11.8 Å². The van der Waals surface area contributed by atoms with E-state index in [-0.39, 0.29) is 17.7 Å². The van der Waals surface area contributed by atoms with Gasteiger partial charge in [0.15, 0.2) is 0 Å². The molecular weight excluding hydrogens is 356 g/mol. The van der Waals surface area contributed by atoms with Gasteiger partial charge in [0, 0.05) is 28.1 Å². The molecule has 25 heavy (non-hydrogen) atoms. The van der Waals surface area contributed by atoms with Crippen LogP contribution in [0.4, 0.5) is 11.4 Å². The second-order valence-electron chi connectivity index (χ2n) is 6.01. The summed E-state index contributed by atoms with van der Waals surface area (Å²) in [5.41, 5.74) is 2.57. The highest BCUT2D eigenvalue weighted by molar-refractivity contribution is 7.99. The van der Waals surface area contributed by atoms with Gasteiger partial charge < -0.3 is 10.6 Å². The van der Waals surface area contributed by atoms with Crippen LogP contribution in [0.5, 0.6) is 0 Å². The fourth-order valence-electron chi connectivity index (χ4n) is 2.31. The van der Waals surface area contributed by atoms with Crippen molar-refractivity contribution in [3.63, 3.8) is 0 Å². The maximum Gasteiger partial charge on any atom is 0.234 e. The quantitative estimate of drug-likeness (QED) is 0.746. The van der Waals surface area contributed by atoms with Crippen molar-refractivity contribution in [3.05, 3.63) is 59.1 Å². The van der Waals surface area contributed by atoms with Crippen LogP contribution in [0, 0.1) is 5.92 Å². The van der Waals surface area contributed by atoms with Crippen LogP contribution in [0.15, 0.2) is 48.5 Å². The predicted molar refractivity (Wildman–Crippen MR) is 104 cm³/mol. The smallest absolute Gasteiger partial charge is 0.234 e. The molecule has 0 bridgehead atoms. The Balaban J connectivity index is 1.42. The second kappa shape index (κ2) is 8.41. The van der Waals surface area contributed by atoms with Gasteiger partial charge in [0.05, 0.1) is 5.75 Å². The number of rotatable bonds is 7. The molecule has 2 aromatic rings. The van der Waals surface area contributed by atoms with Crippen LogP contribution < -0.4 is 10.6 Å². The SMILES string of the molecule is O=C(CSCc1cccc(Cl)c1)Nc1ccc(NC(=O)C2CC2)cc1. The molecule has 1 aliphatic carbocycles. The minimum Gasteiger partial charge on any atom is -0.326 e. The number of nitrogens with one attached hydrogen (secondary N) is 2. The highest BCUT2D eigenvalue weighted by atomic mass is 35.5. The number of anilines is 2. The molecule has 3 rings (SSSR count). The van der Waals surface area contributed by atoms with E-state index in [0.29, 0.717) is 10.8 Å². The van der Waals surface area contributed by atoms with Gasteiger partial charge in [-0.3, -0.25) is 9.59 Å². The van der Waals surface area contributed by atoms with Crippen LogP contribution in [-0.4, -0.2) is 17.6 Å². The monoisotopic (exact) mass is 374 g/mol. The minimum absolute atomic E-state index is 0.0539. The lowest BCUT2D eigenvalue weighted by Crippen LogP contribution is -2.15. The minimum atomic E-state index is -0.0539. The van der Waals surface area contributed by atoms with Gasteiger partial charge in [0.25, 0.3) is 0 Å². The summed E-state index contributed by atoms with van der Waals surface area (Å²) in [5, 5.41) is 6.44. The Morgan fingerprint density at radius 1 is 1.04 bits per heavy atom. The summed E-state index contributed by atoms with van der Waals surface area (Å²) in [6, 6.07) is 14.8. The Morgan fingerprint density at radius 3 is 2.36 bits per heavy atom. The summed E-state index contributed by atoms with van der Waals surface area (Å²) >= 11 is 7.48. The lowest BCUT2D eigenvalue weighted by molar-refractivity contribution is -0.117.